The van der Waals surface area contributed by atoms with Crippen LogP contribution in [0.25, 0.3) is 6.08 Å². The van der Waals surface area contributed by atoms with Crippen molar-refractivity contribution in [2.45, 2.75) is 13.0 Å². The van der Waals surface area contributed by atoms with Gasteiger partial charge in [0.25, 0.3) is 0 Å². The highest BCUT2D eigenvalue weighted by Crippen LogP contribution is 2.44. The van der Waals surface area contributed by atoms with Gasteiger partial charge < -0.3 is 9.80 Å². The van der Waals surface area contributed by atoms with Crippen LogP contribution in [0.1, 0.15) is 24.1 Å². The molecule has 0 N–H and O–H groups in total. The van der Waals surface area contributed by atoms with Gasteiger partial charge in [0.1, 0.15) is 0 Å². The largest absolute Gasteiger partial charge is 0.338 e. The first-order chi connectivity index (χ1) is 13.1. The van der Waals surface area contributed by atoms with E-state index in [0.717, 1.165) is 24.2 Å². The van der Waals surface area contributed by atoms with E-state index >= 15 is 0 Å². The number of amides is 2. The molecular formula is C23H24N2O2. The van der Waals surface area contributed by atoms with Crippen LogP contribution < -0.4 is 0 Å². The molecule has 27 heavy (non-hydrogen) atoms. The molecule has 3 atom stereocenters. The van der Waals surface area contributed by atoms with Crippen molar-refractivity contribution >= 4 is 17.9 Å². The summed E-state index contributed by atoms with van der Waals surface area (Å²) >= 11 is 0. The summed E-state index contributed by atoms with van der Waals surface area (Å²) in [6.07, 6.45) is 3.53. The molecule has 0 unspecified atom stereocenters. The minimum atomic E-state index is 0.0504. The SMILES string of the molecule is CC(=O)N1C[C@H]2CN(C(=O)/C=C/c3ccccc3)C[C@H]2[C@H]1c1ccccc1. The molecule has 2 saturated heterocycles. The highest BCUT2D eigenvalue weighted by atomic mass is 16.2. The maximum Gasteiger partial charge on any atom is 0.246 e. The first-order valence-electron chi connectivity index (χ1n) is 9.47. The number of carbonyl (C=O) groups excluding carboxylic acids is 2. The fourth-order valence-corrected chi connectivity index (χ4v) is 4.46. The van der Waals surface area contributed by atoms with Gasteiger partial charge in [0.15, 0.2) is 0 Å². The Kier molecular flexibility index (Phi) is 4.80. The van der Waals surface area contributed by atoms with Crippen LogP contribution in [0, 0.1) is 11.8 Å². The third kappa shape index (κ3) is 3.52. The normalized spacial score (nSPS) is 24.4. The third-order valence-electron chi connectivity index (χ3n) is 5.74. The van der Waals surface area contributed by atoms with Crippen molar-refractivity contribution < 1.29 is 9.59 Å². The van der Waals surface area contributed by atoms with Crippen LogP contribution in [0.5, 0.6) is 0 Å². The molecule has 2 amide bonds. The van der Waals surface area contributed by atoms with Crippen LogP contribution in [-0.4, -0.2) is 41.2 Å². The minimum Gasteiger partial charge on any atom is -0.338 e. The van der Waals surface area contributed by atoms with Gasteiger partial charge in [0.05, 0.1) is 6.04 Å². The number of carbonyl (C=O) groups is 2. The summed E-state index contributed by atoms with van der Waals surface area (Å²) in [6.45, 7) is 3.79. The van der Waals surface area contributed by atoms with Gasteiger partial charge in [-0.1, -0.05) is 60.7 Å². The molecule has 0 aliphatic carbocycles. The van der Waals surface area contributed by atoms with Gasteiger partial charge >= 0.3 is 0 Å². The second-order valence-corrected chi connectivity index (χ2v) is 7.44. The molecule has 0 spiro atoms. The van der Waals surface area contributed by atoms with Crippen LogP contribution >= 0.6 is 0 Å². The minimum absolute atomic E-state index is 0.0504. The van der Waals surface area contributed by atoms with Crippen molar-refractivity contribution in [2.75, 3.05) is 19.6 Å². The lowest BCUT2D eigenvalue weighted by atomic mass is 9.89. The smallest absolute Gasteiger partial charge is 0.246 e. The van der Waals surface area contributed by atoms with Gasteiger partial charge in [0, 0.05) is 44.5 Å². The molecule has 4 heteroatoms. The quantitative estimate of drug-likeness (QED) is 0.788. The van der Waals surface area contributed by atoms with Crippen molar-refractivity contribution in [1.82, 2.24) is 9.80 Å². The van der Waals surface area contributed by atoms with E-state index in [4.69, 9.17) is 0 Å². The summed E-state index contributed by atoms with van der Waals surface area (Å²) in [5.41, 5.74) is 2.18. The second-order valence-electron chi connectivity index (χ2n) is 7.44. The van der Waals surface area contributed by atoms with E-state index in [1.54, 1.807) is 13.0 Å². The lowest BCUT2D eigenvalue weighted by molar-refractivity contribution is -0.130. The Morgan fingerprint density at radius 3 is 2.26 bits per heavy atom. The Labute approximate surface area is 160 Å². The van der Waals surface area contributed by atoms with Gasteiger partial charge in [0.2, 0.25) is 11.8 Å². The fourth-order valence-electron chi connectivity index (χ4n) is 4.46. The van der Waals surface area contributed by atoms with Crippen molar-refractivity contribution in [1.29, 1.82) is 0 Å². The molecule has 2 aliphatic rings. The average molecular weight is 360 g/mol. The van der Waals surface area contributed by atoms with E-state index in [-0.39, 0.29) is 17.9 Å². The molecule has 2 aromatic rings. The highest BCUT2D eigenvalue weighted by Gasteiger charge is 2.49. The zero-order chi connectivity index (χ0) is 18.8. The topological polar surface area (TPSA) is 40.6 Å². The molecule has 4 rings (SSSR count). The van der Waals surface area contributed by atoms with Crippen LogP contribution in [0.2, 0.25) is 0 Å². The molecule has 0 aromatic heterocycles. The predicted octanol–water partition coefficient (Wildman–Crippen LogP) is 3.38. The van der Waals surface area contributed by atoms with Crippen LogP contribution in [0.15, 0.2) is 66.7 Å². The molecule has 0 radical (unpaired) electrons. The summed E-state index contributed by atoms with van der Waals surface area (Å²) in [4.78, 5) is 28.7. The number of hydrogen-bond donors (Lipinski definition) is 0. The van der Waals surface area contributed by atoms with E-state index < -0.39 is 0 Å². The maximum absolute atomic E-state index is 12.7. The van der Waals surface area contributed by atoms with Crippen molar-refractivity contribution in [2.24, 2.45) is 11.8 Å². The Morgan fingerprint density at radius 2 is 1.59 bits per heavy atom. The molecule has 0 bridgehead atoms. The fraction of sp³-hybridized carbons (Fsp3) is 0.304. The summed E-state index contributed by atoms with van der Waals surface area (Å²) in [5.74, 6) is 0.799. The lowest BCUT2D eigenvalue weighted by Crippen LogP contribution is -2.35. The summed E-state index contributed by atoms with van der Waals surface area (Å²) in [5, 5.41) is 0. The zero-order valence-corrected chi connectivity index (χ0v) is 15.5. The first-order valence-corrected chi connectivity index (χ1v) is 9.47. The number of rotatable bonds is 3. The number of nitrogens with zero attached hydrogens (tertiary/aromatic N) is 2. The van der Waals surface area contributed by atoms with Crippen molar-refractivity contribution in [3.05, 3.63) is 77.9 Å². The van der Waals surface area contributed by atoms with E-state index in [1.165, 1.54) is 0 Å². The van der Waals surface area contributed by atoms with E-state index in [9.17, 15) is 9.59 Å². The third-order valence-corrected chi connectivity index (χ3v) is 5.74. The molecular weight excluding hydrogens is 336 g/mol. The van der Waals surface area contributed by atoms with Gasteiger partial charge in [-0.05, 0) is 17.2 Å². The Balaban J connectivity index is 1.50. The molecule has 0 saturated carbocycles. The van der Waals surface area contributed by atoms with Gasteiger partial charge in [-0.2, -0.15) is 0 Å². The zero-order valence-electron chi connectivity index (χ0n) is 15.5. The number of likely N-dealkylation sites (tertiary alicyclic amines) is 2. The molecule has 2 aromatic carbocycles. The highest BCUT2D eigenvalue weighted by molar-refractivity contribution is 5.92. The van der Waals surface area contributed by atoms with Crippen LogP contribution in [0.3, 0.4) is 0 Å². The molecule has 4 nitrogen and oxygen atoms in total. The van der Waals surface area contributed by atoms with Gasteiger partial charge in [-0.15, -0.1) is 0 Å². The molecule has 2 heterocycles. The number of hydrogen-bond acceptors (Lipinski definition) is 2. The van der Waals surface area contributed by atoms with Crippen LogP contribution in [0.4, 0.5) is 0 Å². The predicted molar refractivity (Wildman–Crippen MR) is 106 cm³/mol. The first kappa shape index (κ1) is 17.5. The van der Waals surface area contributed by atoms with E-state index in [1.807, 2.05) is 64.4 Å². The lowest BCUT2D eigenvalue weighted by Gasteiger charge is -2.29. The average Bonchev–Trinajstić information content (AvgIpc) is 3.25. The van der Waals surface area contributed by atoms with Gasteiger partial charge in [-0.3, -0.25) is 9.59 Å². The van der Waals surface area contributed by atoms with E-state index in [2.05, 4.69) is 12.1 Å². The standard InChI is InChI=1S/C23H24N2O2/c1-17(26)25-15-20-14-24(22(27)13-12-18-8-4-2-5-9-18)16-21(20)23(25)19-10-6-3-7-11-19/h2-13,20-21,23H,14-16H2,1H3/b13-12+/t20-,21-,23-/m1/s1. The van der Waals surface area contributed by atoms with E-state index in [0.29, 0.717) is 18.4 Å². The second kappa shape index (κ2) is 7.39. The summed E-state index contributed by atoms with van der Waals surface area (Å²) in [6, 6.07) is 20.1. The molecule has 2 fully saturated rings. The van der Waals surface area contributed by atoms with Crippen molar-refractivity contribution in [3.8, 4) is 0 Å². The molecule has 2 aliphatic heterocycles. The monoisotopic (exact) mass is 360 g/mol. The number of fused-ring (bicyclic) bond motifs is 1. The van der Waals surface area contributed by atoms with Gasteiger partial charge in [-0.25, -0.2) is 0 Å². The Hall–Kier alpha value is -2.88. The Bertz CT molecular complexity index is 847. The van der Waals surface area contributed by atoms with Crippen molar-refractivity contribution in [3.63, 3.8) is 0 Å². The van der Waals surface area contributed by atoms with Crippen LogP contribution in [-0.2, 0) is 9.59 Å². The maximum atomic E-state index is 12.7. The Morgan fingerprint density at radius 1 is 0.926 bits per heavy atom. The molecule has 138 valence electrons. The summed E-state index contributed by atoms with van der Waals surface area (Å²) in [7, 11) is 0. The number of benzene rings is 2. The summed E-state index contributed by atoms with van der Waals surface area (Å²) < 4.78 is 0.